The molecule has 0 radical (unpaired) electrons. The monoisotopic (exact) mass is 1410 g/mol. The van der Waals surface area contributed by atoms with Gasteiger partial charge in [-0.15, -0.1) is 31.7 Å². The van der Waals surface area contributed by atoms with Crippen LogP contribution in [-0.4, -0.2) is 196 Å². The number of hydrogen-bond acceptors (Lipinski definition) is 37. The standard InChI is InChI=1S/C5H5N.3C4H4N2.4C4H5N.3C3H3N3.3C3H4N2.2C3H3NO.2C3H3NS.C2H3N3/c1-2-4-6-5-3-1;1-2-6-4-3-5-1;1-2-5-4-6-3-1;1-2-4-6-5-3-1;4*1-2-4-5-3-1;1-4-2-6-3-5-1;1-2-5-6-3-4-1;1-2-4-6-5-3-1;2*1-2-5-3-4-1;1-2-4-5-3-1;1-2-5-3-4-1;1-2-4-5-3-1;1-2-5-3-4-1;1-2-4-5-3-1;1-3-2-5-4-1/h1-5H;3*1-4H;2*1,3-4H,2H2;2*1-3H,4H2;3*1-3H;3*1-2H,3H2;4*1-3H;1H,2H2. The first kappa shape index (κ1) is 86.0. The number of oxazole rings is 1. The molecule has 19 rings (SSSR count). The summed E-state index contributed by atoms with van der Waals surface area (Å²) in [6.07, 6.45) is 78.1. The fraction of sp³-hybridized carbons (Fsp3) is 0.123. The lowest BCUT2D eigenvalue weighted by Gasteiger charge is -1.70. The van der Waals surface area contributed by atoms with Crippen molar-refractivity contribution in [3.63, 3.8) is 0 Å². The molecule has 8 aliphatic heterocycles. The zero-order valence-corrected chi connectivity index (χ0v) is 56.6. The zero-order valence-electron chi connectivity index (χ0n) is 55.0. The van der Waals surface area contributed by atoms with E-state index in [9.17, 15) is 0 Å². The van der Waals surface area contributed by atoms with Crippen molar-refractivity contribution in [2.75, 3.05) is 39.6 Å². The van der Waals surface area contributed by atoms with Crippen LogP contribution in [0.3, 0.4) is 0 Å². The Morgan fingerprint density at radius 2 is 0.912 bits per heavy atom. The SMILES string of the molecule is C1=CCN=C1.C1=CCN=C1.C1=CN=CC1.C1=CN=CC1.C1=CN=NC1.C1=NCN=C1.C1=NCN=C1.C1=NCN=N1.c1ccncc1.c1ccnnc1.c1cnccn1.c1cncnc1.c1cnncn1.c1cnnnc1.c1cnoc1.c1cnsc1.c1cocn1.c1cscn1.c1ncncn1. The predicted molar refractivity (Wildman–Crippen MR) is 397 cm³/mol. The molecular formula is C65H73N33O2S2. The summed E-state index contributed by atoms with van der Waals surface area (Å²) in [6.45, 7) is 4.36. The van der Waals surface area contributed by atoms with Crippen LogP contribution in [0.1, 0.15) is 12.8 Å². The Balaban J connectivity index is 0.000000539. The average molecular weight is 1410 g/mol. The van der Waals surface area contributed by atoms with E-state index < -0.39 is 0 Å². The molecule has 11 aromatic heterocycles. The molecule has 0 unspecified atom stereocenters. The highest BCUT2D eigenvalue weighted by molar-refractivity contribution is 7.07. The van der Waals surface area contributed by atoms with Crippen LogP contribution in [-0.2, 0) is 0 Å². The maximum absolute atomic E-state index is 4.47. The predicted octanol–water partition coefficient (Wildman–Crippen LogP) is 10.6. The minimum absolute atomic E-state index is 0.528. The summed E-state index contributed by atoms with van der Waals surface area (Å²) in [4.78, 5) is 74.0. The number of azo groups is 2. The van der Waals surface area contributed by atoms with Crippen LogP contribution < -0.4 is 0 Å². The van der Waals surface area contributed by atoms with Crippen LogP contribution in [0.25, 0.3) is 0 Å². The lowest BCUT2D eigenvalue weighted by molar-refractivity contribution is 0.420. The zero-order chi connectivity index (χ0) is 72.1. The Morgan fingerprint density at radius 3 is 1.07 bits per heavy atom. The summed E-state index contributed by atoms with van der Waals surface area (Å²) in [7, 11) is 0. The highest BCUT2D eigenvalue weighted by atomic mass is 32.1. The summed E-state index contributed by atoms with van der Waals surface area (Å²) in [6, 6.07) is 16.5. The Hall–Kier alpha value is -14.0. The smallest absolute Gasteiger partial charge is 0.180 e. The van der Waals surface area contributed by atoms with Gasteiger partial charge >= 0.3 is 0 Å². The van der Waals surface area contributed by atoms with Crippen molar-refractivity contribution in [3.8, 4) is 0 Å². The molecule has 11 aromatic rings. The van der Waals surface area contributed by atoms with Crippen molar-refractivity contribution in [2.24, 2.45) is 65.4 Å². The van der Waals surface area contributed by atoms with Gasteiger partial charge < -0.3 is 8.94 Å². The van der Waals surface area contributed by atoms with Gasteiger partial charge in [-0.1, -0.05) is 35.5 Å². The highest BCUT2D eigenvalue weighted by Crippen LogP contribution is 1.89. The molecule has 19 heterocycles. The Bertz CT molecular complexity index is 2760. The molecule has 8 aliphatic rings. The molecule has 0 amide bonds. The van der Waals surface area contributed by atoms with Gasteiger partial charge in [-0.25, -0.2) is 44.3 Å². The lowest BCUT2D eigenvalue weighted by Crippen LogP contribution is -1.78. The normalized spacial score (nSPS) is 11.8. The number of nitrogens with zero attached hydrogens (tertiary/aromatic N) is 33. The van der Waals surface area contributed by atoms with Crippen molar-refractivity contribution in [3.05, 3.63) is 294 Å². The van der Waals surface area contributed by atoms with E-state index in [-0.39, 0.29) is 0 Å². The lowest BCUT2D eigenvalue weighted by atomic mass is 10.5. The number of pyridine rings is 1. The quantitative estimate of drug-likeness (QED) is 0.136. The van der Waals surface area contributed by atoms with Crippen LogP contribution in [0.4, 0.5) is 0 Å². The van der Waals surface area contributed by atoms with Crippen molar-refractivity contribution < 1.29 is 8.94 Å². The summed E-state index contributed by atoms with van der Waals surface area (Å²) in [5.74, 6) is 0. The highest BCUT2D eigenvalue weighted by Gasteiger charge is 1.78. The maximum atomic E-state index is 4.47. The summed E-state index contributed by atoms with van der Waals surface area (Å²) >= 11 is 3.06. The van der Waals surface area contributed by atoms with Crippen molar-refractivity contribution in [2.45, 2.75) is 12.8 Å². The van der Waals surface area contributed by atoms with Gasteiger partial charge in [-0.2, -0.15) is 30.6 Å². The summed E-state index contributed by atoms with van der Waals surface area (Å²) in [5.41, 5.74) is 1.79. The molecule has 37 heteroatoms. The first-order valence-corrected chi connectivity index (χ1v) is 31.2. The number of thiazole rings is 1. The van der Waals surface area contributed by atoms with Gasteiger partial charge in [0.15, 0.2) is 13.1 Å². The molecule has 102 heavy (non-hydrogen) atoms. The van der Waals surface area contributed by atoms with Crippen LogP contribution >= 0.6 is 22.9 Å². The second-order valence-electron chi connectivity index (χ2n) is 15.8. The summed E-state index contributed by atoms with van der Waals surface area (Å²) < 4.78 is 12.6. The molecule has 0 aromatic carbocycles. The van der Waals surface area contributed by atoms with Crippen molar-refractivity contribution >= 4 is 78.9 Å². The molecule has 0 saturated heterocycles. The van der Waals surface area contributed by atoms with Gasteiger partial charge in [0, 0.05) is 172 Å². The Morgan fingerprint density at radius 1 is 0.333 bits per heavy atom. The largest absolute Gasteiger partial charge is 0.452 e. The number of rotatable bonds is 0. The van der Waals surface area contributed by atoms with E-state index in [1.165, 1.54) is 74.6 Å². The third-order valence-electron chi connectivity index (χ3n) is 8.44. The Labute approximate surface area is 597 Å². The molecule has 0 N–H and O–H groups in total. The molecule has 0 fully saturated rings. The van der Waals surface area contributed by atoms with Gasteiger partial charge in [0.1, 0.15) is 63.8 Å². The van der Waals surface area contributed by atoms with E-state index >= 15 is 0 Å². The molecule has 0 saturated carbocycles. The van der Waals surface area contributed by atoms with E-state index in [1.54, 1.807) is 196 Å². The maximum Gasteiger partial charge on any atom is 0.180 e. The second kappa shape index (κ2) is 83.1. The third-order valence-corrected chi connectivity index (χ3v) is 9.49. The first-order valence-electron chi connectivity index (χ1n) is 29.5. The van der Waals surface area contributed by atoms with E-state index in [4.69, 9.17) is 0 Å². The summed E-state index contributed by atoms with van der Waals surface area (Å²) in [5, 5.41) is 45.3. The minimum Gasteiger partial charge on any atom is -0.452 e. The molecule has 35 nitrogen and oxygen atoms in total. The van der Waals surface area contributed by atoms with Gasteiger partial charge in [-0.3, -0.25) is 59.9 Å². The second-order valence-corrected chi connectivity index (χ2v) is 17.2. The van der Waals surface area contributed by atoms with E-state index in [0.717, 1.165) is 32.5 Å². The number of aliphatic imine (C=N–C) groups is 9. The topological polar surface area (TPSA) is 445 Å². The Kier molecular flexibility index (Phi) is 70.1. The van der Waals surface area contributed by atoms with E-state index in [2.05, 4.69) is 174 Å². The van der Waals surface area contributed by atoms with Crippen molar-refractivity contribution in [1.29, 1.82) is 0 Å². The minimum atomic E-state index is 0.528. The van der Waals surface area contributed by atoms with E-state index in [0.29, 0.717) is 20.0 Å². The van der Waals surface area contributed by atoms with Gasteiger partial charge in [0.2, 0.25) is 0 Å². The van der Waals surface area contributed by atoms with Gasteiger partial charge in [-0.05, 0) is 83.5 Å². The molecule has 522 valence electrons. The van der Waals surface area contributed by atoms with Crippen molar-refractivity contribution in [1.82, 2.24) is 100 Å². The van der Waals surface area contributed by atoms with Crippen LogP contribution in [0.15, 0.2) is 368 Å². The van der Waals surface area contributed by atoms with Crippen LogP contribution in [0, 0.1) is 0 Å². The molecule has 0 spiro atoms. The first-order chi connectivity index (χ1) is 51.0. The third kappa shape index (κ3) is 80.3. The van der Waals surface area contributed by atoms with Crippen LogP contribution in [0.2, 0.25) is 0 Å². The van der Waals surface area contributed by atoms with E-state index in [1.807, 2.05) is 102 Å². The molecule has 0 aliphatic carbocycles. The number of aromatic nitrogens is 20. The van der Waals surface area contributed by atoms with Crippen LogP contribution in [0.5, 0.6) is 0 Å². The molecular weight excluding hydrogens is 1340 g/mol. The number of hydrogen-bond donors (Lipinski definition) is 0. The fourth-order valence-corrected chi connectivity index (χ4v) is 5.20. The average Bonchev–Trinajstić information content (AvgIpc) is 4.61. The van der Waals surface area contributed by atoms with Gasteiger partial charge in [0.25, 0.3) is 0 Å². The molecule has 0 bridgehead atoms. The number of allylic oxidation sites excluding steroid dienone is 4. The van der Waals surface area contributed by atoms with Gasteiger partial charge in [0.05, 0.1) is 56.1 Å². The molecule has 0 atom stereocenters. The fourth-order valence-electron chi connectivity index (χ4n) is 4.50.